The fourth-order valence-corrected chi connectivity index (χ4v) is 1.43. The fourth-order valence-electron chi connectivity index (χ4n) is 1.43. The second kappa shape index (κ2) is 6.89. The molecule has 0 heterocycles. The molecule has 3 heteroatoms. The van der Waals surface area contributed by atoms with Gasteiger partial charge in [-0.05, 0) is 19.8 Å². The van der Waals surface area contributed by atoms with Gasteiger partial charge in [-0.15, -0.1) is 0 Å². The van der Waals surface area contributed by atoms with Crippen molar-refractivity contribution in [2.45, 2.75) is 52.7 Å². The molecule has 0 saturated heterocycles. The van der Waals surface area contributed by atoms with Crippen molar-refractivity contribution >= 4 is 5.91 Å². The van der Waals surface area contributed by atoms with Crippen LogP contribution in [0.25, 0.3) is 0 Å². The summed E-state index contributed by atoms with van der Waals surface area (Å²) in [6.07, 6.45) is 3.11. The van der Waals surface area contributed by atoms with Crippen LogP contribution in [0, 0.1) is 5.92 Å². The molecule has 0 aromatic heterocycles. The molecular formula is C10H21NO2. The van der Waals surface area contributed by atoms with Gasteiger partial charge in [-0.1, -0.05) is 26.7 Å². The first kappa shape index (κ1) is 12.4. The third-order valence-electron chi connectivity index (χ3n) is 2.00. The minimum atomic E-state index is -0.733. The van der Waals surface area contributed by atoms with Gasteiger partial charge in [0, 0.05) is 5.92 Å². The summed E-state index contributed by atoms with van der Waals surface area (Å²) in [6.45, 7) is 5.70. The Morgan fingerprint density at radius 2 is 1.77 bits per heavy atom. The molecule has 1 atom stereocenters. The smallest absolute Gasteiger partial charge is 0.225 e. The van der Waals surface area contributed by atoms with Crippen molar-refractivity contribution in [3.63, 3.8) is 0 Å². The Hall–Kier alpha value is -0.570. The van der Waals surface area contributed by atoms with Gasteiger partial charge >= 0.3 is 0 Å². The van der Waals surface area contributed by atoms with E-state index in [-0.39, 0.29) is 11.8 Å². The highest BCUT2D eigenvalue weighted by atomic mass is 16.3. The Labute approximate surface area is 80.5 Å². The summed E-state index contributed by atoms with van der Waals surface area (Å²) in [6, 6.07) is 0. The van der Waals surface area contributed by atoms with Crippen LogP contribution in [0.3, 0.4) is 0 Å². The predicted molar refractivity (Wildman–Crippen MR) is 53.1 cm³/mol. The quantitative estimate of drug-likeness (QED) is 0.621. The molecule has 0 radical (unpaired) electrons. The van der Waals surface area contributed by atoms with Crippen LogP contribution in [-0.2, 0) is 4.79 Å². The lowest BCUT2D eigenvalue weighted by molar-refractivity contribution is -0.128. The number of amides is 1. The predicted octanol–water partition coefficient (Wildman–Crippen LogP) is 1.66. The van der Waals surface area contributed by atoms with Gasteiger partial charge in [-0.3, -0.25) is 4.79 Å². The number of carbonyl (C=O) groups is 1. The minimum absolute atomic E-state index is 0.0151. The third-order valence-corrected chi connectivity index (χ3v) is 2.00. The molecular weight excluding hydrogens is 166 g/mol. The normalized spacial score (nSPS) is 13.0. The Morgan fingerprint density at radius 3 is 2.08 bits per heavy atom. The summed E-state index contributed by atoms with van der Waals surface area (Å²) in [7, 11) is 0. The number of aliphatic hydroxyl groups excluding tert-OH is 1. The second-order valence-corrected chi connectivity index (χ2v) is 3.46. The van der Waals surface area contributed by atoms with Crippen LogP contribution in [0.1, 0.15) is 46.5 Å². The van der Waals surface area contributed by atoms with Crippen molar-refractivity contribution in [2.75, 3.05) is 0 Å². The maximum absolute atomic E-state index is 11.5. The first-order valence-corrected chi connectivity index (χ1v) is 5.10. The van der Waals surface area contributed by atoms with Gasteiger partial charge in [0.1, 0.15) is 6.23 Å². The van der Waals surface area contributed by atoms with E-state index in [0.29, 0.717) is 0 Å². The molecule has 0 aromatic carbocycles. The average Bonchev–Trinajstić information content (AvgIpc) is 2.02. The second-order valence-electron chi connectivity index (χ2n) is 3.46. The zero-order valence-electron chi connectivity index (χ0n) is 8.84. The van der Waals surface area contributed by atoms with Crippen LogP contribution < -0.4 is 5.32 Å². The van der Waals surface area contributed by atoms with Crippen LogP contribution in [0.4, 0.5) is 0 Å². The number of hydrogen-bond acceptors (Lipinski definition) is 2. The molecule has 0 bridgehead atoms. The van der Waals surface area contributed by atoms with Crippen LogP contribution in [0.5, 0.6) is 0 Å². The summed E-state index contributed by atoms with van der Waals surface area (Å²) in [4.78, 5) is 11.5. The molecule has 0 aliphatic carbocycles. The van der Waals surface area contributed by atoms with Gasteiger partial charge < -0.3 is 10.4 Å². The third kappa shape index (κ3) is 5.64. The lowest BCUT2D eigenvalue weighted by Gasteiger charge is -2.16. The summed E-state index contributed by atoms with van der Waals surface area (Å²) < 4.78 is 0. The Morgan fingerprint density at radius 1 is 1.31 bits per heavy atom. The molecule has 0 fully saturated rings. The van der Waals surface area contributed by atoms with Crippen molar-refractivity contribution < 1.29 is 9.90 Å². The van der Waals surface area contributed by atoms with Crippen LogP contribution in [0.15, 0.2) is 0 Å². The Kier molecular flexibility index (Phi) is 6.59. The maximum atomic E-state index is 11.5. The average molecular weight is 187 g/mol. The molecule has 0 aliphatic heterocycles. The van der Waals surface area contributed by atoms with Crippen molar-refractivity contribution in [2.24, 2.45) is 5.92 Å². The highest BCUT2D eigenvalue weighted by molar-refractivity contribution is 5.78. The van der Waals surface area contributed by atoms with Gasteiger partial charge in [0.05, 0.1) is 0 Å². The standard InChI is InChI=1S/C10H21NO2/c1-4-6-9(7-5-2)10(13)11-8(3)12/h8-9,12H,4-7H2,1-3H3,(H,11,13). The Balaban J connectivity index is 3.95. The number of hydrogen-bond donors (Lipinski definition) is 2. The molecule has 0 saturated carbocycles. The molecule has 0 rings (SSSR count). The summed E-state index contributed by atoms with van der Waals surface area (Å²) in [5.41, 5.74) is 0. The van der Waals surface area contributed by atoms with E-state index in [2.05, 4.69) is 19.2 Å². The van der Waals surface area contributed by atoms with Crippen LogP contribution >= 0.6 is 0 Å². The molecule has 3 nitrogen and oxygen atoms in total. The first-order valence-electron chi connectivity index (χ1n) is 5.10. The molecule has 0 aliphatic rings. The van der Waals surface area contributed by atoms with E-state index in [9.17, 15) is 4.79 Å². The molecule has 78 valence electrons. The monoisotopic (exact) mass is 187 g/mol. The van der Waals surface area contributed by atoms with E-state index in [0.717, 1.165) is 25.7 Å². The zero-order valence-corrected chi connectivity index (χ0v) is 8.84. The summed E-state index contributed by atoms with van der Waals surface area (Å²) in [5, 5.41) is 11.5. The van der Waals surface area contributed by atoms with E-state index in [1.165, 1.54) is 0 Å². The highest BCUT2D eigenvalue weighted by Crippen LogP contribution is 2.13. The van der Waals surface area contributed by atoms with Gasteiger partial charge in [0.15, 0.2) is 0 Å². The molecule has 0 aromatic rings. The van der Waals surface area contributed by atoms with E-state index < -0.39 is 6.23 Å². The molecule has 0 spiro atoms. The van der Waals surface area contributed by atoms with Crippen LogP contribution in [0.2, 0.25) is 0 Å². The van der Waals surface area contributed by atoms with Crippen molar-refractivity contribution in [3.05, 3.63) is 0 Å². The van der Waals surface area contributed by atoms with Gasteiger partial charge in [-0.2, -0.15) is 0 Å². The SMILES string of the molecule is CCCC(CCC)C(=O)NC(C)O. The summed E-state index contributed by atoms with van der Waals surface area (Å²) >= 11 is 0. The van der Waals surface area contributed by atoms with Gasteiger partial charge in [-0.25, -0.2) is 0 Å². The number of rotatable bonds is 6. The van der Waals surface area contributed by atoms with E-state index in [4.69, 9.17) is 5.11 Å². The fraction of sp³-hybridized carbons (Fsp3) is 0.900. The number of nitrogens with one attached hydrogen (secondary N) is 1. The van der Waals surface area contributed by atoms with E-state index in [1.807, 2.05) is 0 Å². The van der Waals surface area contributed by atoms with E-state index in [1.54, 1.807) is 6.92 Å². The molecule has 13 heavy (non-hydrogen) atoms. The summed E-state index contributed by atoms with van der Waals surface area (Å²) in [5.74, 6) is 0.0586. The lowest BCUT2D eigenvalue weighted by atomic mass is 9.97. The van der Waals surface area contributed by atoms with E-state index >= 15 is 0 Å². The highest BCUT2D eigenvalue weighted by Gasteiger charge is 2.16. The molecule has 1 amide bonds. The van der Waals surface area contributed by atoms with Crippen molar-refractivity contribution in [1.82, 2.24) is 5.32 Å². The van der Waals surface area contributed by atoms with Gasteiger partial charge in [0.25, 0.3) is 0 Å². The van der Waals surface area contributed by atoms with Crippen LogP contribution in [-0.4, -0.2) is 17.2 Å². The van der Waals surface area contributed by atoms with Crippen molar-refractivity contribution in [1.29, 1.82) is 0 Å². The number of aliphatic hydroxyl groups is 1. The van der Waals surface area contributed by atoms with Crippen molar-refractivity contribution in [3.8, 4) is 0 Å². The van der Waals surface area contributed by atoms with Gasteiger partial charge in [0.2, 0.25) is 5.91 Å². The topological polar surface area (TPSA) is 49.3 Å². The Bertz CT molecular complexity index is 140. The minimum Gasteiger partial charge on any atom is -0.374 e. The molecule has 2 N–H and O–H groups in total. The molecule has 1 unspecified atom stereocenters. The first-order chi connectivity index (χ1) is 6.11. The largest absolute Gasteiger partial charge is 0.374 e. The zero-order chi connectivity index (χ0) is 10.3. The lowest BCUT2D eigenvalue weighted by Crippen LogP contribution is -2.37. The maximum Gasteiger partial charge on any atom is 0.225 e. The number of carbonyl (C=O) groups excluding carboxylic acids is 1.